The molecule has 0 aliphatic heterocycles. The lowest BCUT2D eigenvalue weighted by atomic mass is 10.2. The van der Waals surface area contributed by atoms with Crippen LogP contribution >= 0.6 is 11.6 Å². The van der Waals surface area contributed by atoms with Crippen molar-refractivity contribution in [2.75, 3.05) is 17.9 Å². The van der Waals surface area contributed by atoms with E-state index in [9.17, 15) is 21.6 Å². The number of benzene rings is 1. The third-order valence-corrected chi connectivity index (χ3v) is 3.33. The molecule has 0 bridgehead atoms. The number of aliphatic hydroxyl groups is 1. The summed E-state index contributed by atoms with van der Waals surface area (Å²) in [7, 11) is -4.43. The van der Waals surface area contributed by atoms with Crippen molar-refractivity contribution in [3.8, 4) is 11.8 Å². The lowest BCUT2D eigenvalue weighted by Gasteiger charge is -2.12. The lowest BCUT2D eigenvalue weighted by molar-refractivity contribution is -0.121. The highest BCUT2D eigenvalue weighted by atomic mass is 35.5. The Labute approximate surface area is 124 Å². The van der Waals surface area contributed by atoms with Crippen LogP contribution < -0.4 is 9.44 Å². The molecular weight excluding hydrogens is 333 g/mol. The van der Waals surface area contributed by atoms with E-state index in [0.29, 0.717) is 5.56 Å². The van der Waals surface area contributed by atoms with Crippen LogP contribution in [0.1, 0.15) is 5.56 Å². The Kier molecular flexibility index (Phi) is 5.86. The first-order chi connectivity index (χ1) is 9.63. The summed E-state index contributed by atoms with van der Waals surface area (Å²) in [6, 6.07) is 4.02. The third kappa shape index (κ3) is 6.68. The van der Waals surface area contributed by atoms with Gasteiger partial charge in [-0.2, -0.15) is 26.3 Å². The van der Waals surface area contributed by atoms with Crippen LogP contribution in [0.15, 0.2) is 18.2 Å². The molecule has 10 heteroatoms. The van der Waals surface area contributed by atoms with Gasteiger partial charge in [0.1, 0.15) is 13.2 Å². The second kappa shape index (κ2) is 7.00. The highest BCUT2D eigenvalue weighted by Gasteiger charge is 2.29. The molecule has 0 fully saturated rings. The van der Waals surface area contributed by atoms with Crippen LogP contribution in [-0.4, -0.2) is 32.9 Å². The topological polar surface area (TPSA) is 78.4 Å². The van der Waals surface area contributed by atoms with Crippen LogP contribution in [0.3, 0.4) is 0 Å². The van der Waals surface area contributed by atoms with Crippen molar-refractivity contribution in [3.05, 3.63) is 28.8 Å². The monoisotopic (exact) mass is 342 g/mol. The number of hydrogen-bond donors (Lipinski definition) is 3. The average molecular weight is 343 g/mol. The highest BCUT2D eigenvalue weighted by Crippen LogP contribution is 2.23. The van der Waals surface area contributed by atoms with Crippen molar-refractivity contribution >= 4 is 27.5 Å². The van der Waals surface area contributed by atoms with Crippen LogP contribution in [-0.2, 0) is 10.2 Å². The minimum Gasteiger partial charge on any atom is -0.384 e. The molecule has 1 aromatic rings. The molecule has 3 N–H and O–H groups in total. The van der Waals surface area contributed by atoms with Gasteiger partial charge in [0.25, 0.3) is 10.2 Å². The average Bonchev–Trinajstić information content (AvgIpc) is 2.36. The molecule has 0 radical (unpaired) electrons. The Balaban J connectivity index is 2.91. The van der Waals surface area contributed by atoms with Gasteiger partial charge in [-0.1, -0.05) is 23.4 Å². The number of anilines is 1. The van der Waals surface area contributed by atoms with Crippen LogP contribution in [0, 0.1) is 11.8 Å². The normalized spacial score (nSPS) is 11.7. The van der Waals surface area contributed by atoms with Crippen molar-refractivity contribution in [1.29, 1.82) is 0 Å². The van der Waals surface area contributed by atoms with Crippen molar-refractivity contribution in [3.63, 3.8) is 0 Å². The molecule has 1 aromatic carbocycles. The Hall–Kier alpha value is -1.47. The van der Waals surface area contributed by atoms with Gasteiger partial charge in [0, 0.05) is 5.56 Å². The number of nitrogens with one attached hydrogen (secondary N) is 2. The van der Waals surface area contributed by atoms with E-state index < -0.39 is 29.5 Å². The van der Waals surface area contributed by atoms with Gasteiger partial charge in [0.2, 0.25) is 0 Å². The fraction of sp³-hybridized carbons (Fsp3) is 0.273. The van der Waals surface area contributed by atoms with Crippen molar-refractivity contribution < 1.29 is 26.7 Å². The molecule has 0 atom stereocenters. The third-order valence-electron chi connectivity index (χ3n) is 1.99. The van der Waals surface area contributed by atoms with Crippen LogP contribution in [0.5, 0.6) is 0 Å². The highest BCUT2D eigenvalue weighted by molar-refractivity contribution is 7.90. The van der Waals surface area contributed by atoms with Crippen LogP contribution in [0.25, 0.3) is 0 Å². The van der Waals surface area contributed by atoms with Crippen LogP contribution in [0.4, 0.5) is 18.9 Å². The molecule has 0 aliphatic rings. The molecule has 116 valence electrons. The van der Waals surface area contributed by atoms with Gasteiger partial charge < -0.3 is 5.11 Å². The number of hydrogen-bond acceptors (Lipinski definition) is 3. The summed E-state index contributed by atoms with van der Waals surface area (Å²) in [4.78, 5) is 0. The maximum absolute atomic E-state index is 12.0. The zero-order valence-electron chi connectivity index (χ0n) is 10.3. The van der Waals surface area contributed by atoms with E-state index in [2.05, 4.69) is 11.8 Å². The zero-order valence-corrected chi connectivity index (χ0v) is 11.9. The standard InChI is InChI=1S/C11H10ClF3N2O3S/c12-9-4-3-8(2-1-5-18)6-10(9)17-21(19,20)16-7-11(13,14)15/h3-4,6,16-18H,5,7H2. The molecule has 0 saturated carbocycles. The fourth-order valence-electron chi connectivity index (χ4n) is 1.18. The molecule has 0 spiro atoms. The van der Waals surface area contributed by atoms with Gasteiger partial charge in [-0.3, -0.25) is 4.72 Å². The lowest BCUT2D eigenvalue weighted by Crippen LogP contribution is -2.37. The predicted octanol–water partition coefficient (Wildman–Crippen LogP) is 1.49. The number of alkyl halides is 3. The summed E-state index contributed by atoms with van der Waals surface area (Å²) in [5.41, 5.74) is 0.207. The first kappa shape index (κ1) is 17.6. The van der Waals surface area contributed by atoms with Gasteiger partial charge in [-0.15, -0.1) is 0 Å². The maximum Gasteiger partial charge on any atom is 0.402 e. The van der Waals surface area contributed by atoms with E-state index in [1.54, 1.807) is 0 Å². The molecule has 21 heavy (non-hydrogen) atoms. The zero-order chi connectivity index (χ0) is 16.1. The SMILES string of the molecule is O=S(=O)(NCC(F)(F)F)Nc1cc(C#CCO)ccc1Cl. The molecule has 0 heterocycles. The van der Waals surface area contributed by atoms with Gasteiger partial charge in [0.15, 0.2) is 0 Å². The summed E-state index contributed by atoms with van der Waals surface area (Å²) in [6.45, 7) is -2.10. The first-order valence-electron chi connectivity index (χ1n) is 5.36. The molecule has 0 aliphatic carbocycles. The molecule has 0 unspecified atom stereocenters. The van der Waals surface area contributed by atoms with Crippen molar-refractivity contribution in [2.24, 2.45) is 0 Å². The second-order valence-electron chi connectivity index (χ2n) is 3.70. The maximum atomic E-state index is 12.0. The van der Waals surface area contributed by atoms with Crippen molar-refractivity contribution in [1.82, 2.24) is 4.72 Å². The van der Waals surface area contributed by atoms with Crippen molar-refractivity contribution in [2.45, 2.75) is 6.18 Å². The Morgan fingerprint density at radius 2 is 2.00 bits per heavy atom. The molecule has 1 rings (SSSR count). The predicted molar refractivity (Wildman–Crippen MR) is 72.0 cm³/mol. The number of rotatable bonds is 4. The van der Waals surface area contributed by atoms with Crippen LogP contribution in [0.2, 0.25) is 5.02 Å². The molecule has 0 saturated heterocycles. The summed E-state index contributed by atoms with van der Waals surface area (Å²) in [5, 5.41) is 8.54. The largest absolute Gasteiger partial charge is 0.402 e. The summed E-state index contributed by atoms with van der Waals surface area (Å²) >= 11 is 5.75. The van der Waals surface area contributed by atoms with E-state index in [1.165, 1.54) is 22.9 Å². The second-order valence-corrected chi connectivity index (χ2v) is 5.60. The molecule has 5 nitrogen and oxygen atoms in total. The Morgan fingerprint density at radius 1 is 1.33 bits per heavy atom. The first-order valence-corrected chi connectivity index (χ1v) is 7.22. The quantitative estimate of drug-likeness (QED) is 0.725. The molecule has 0 aromatic heterocycles. The smallest absolute Gasteiger partial charge is 0.384 e. The summed E-state index contributed by atoms with van der Waals surface area (Å²) in [6.07, 6.45) is -4.67. The Morgan fingerprint density at radius 3 is 2.57 bits per heavy atom. The fourth-order valence-corrected chi connectivity index (χ4v) is 2.29. The van der Waals surface area contributed by atoms with E-state index in [-0.39, 0.29) is 10.7 Å². The van der Waals surface area contributed by atoms with E-state index >= 15 is 0 Å². The Bertz CT molecular complexity index is 666. The minimum absolute atomic E-state index is 0.0121. The van der Waals surface area contributed by atoms with Gasteiger partial charge in [-0.05, 0) is 18.2 Å². The summed E-state index contributed by atoms with van der Waals surface area (Å²) in [5.74, 6) is 4.85. The van der Waals surface area contributed by atoms with E-state index in [0.717, 1.165) is 0 Å². The summed E-state index contributed by atoms with van der Waals surface area (Å²) < 4.78 is 62.1. The van der Waals surface area contributed by atoms with Gasteiger partial charge >= 0.3 is 6.18 Å². The minimum atomic E-state index is -4.67. The molecule has 0 amide bonds. The number of aliphatic hydroxyl groups excluding tert-OH is 1. The van der Waals surface area contributed by atoms with E-state index in [4.69, 9.17) is 16.7 Å². The van der Waals surface area contributed by atoms with E-state index in [1.807, 2.05) is 4.72 Å². The van der Waals surface area contributed by atoms with Gasteiger partial charge in [-0.25, -0.2) is 0 Å². The molecular formula is C11H10ClF3N2O3S. The number of halogens is 4. The van der Waals surface area contributed by atoms with Gasteiger partial charge in [0.05, 0.1) is 10.7 Å².